The minimum atomic E-state index is -3.84. The summed E-state index contributed by atoms with van der Waals surface area (Å²) in [5.41, 5.74) is 0. The van der Waals surface area contributed by atoms with Crippen LogP contribution in [-0.4, -0.2) is 24.2 Å². The summed E-state index contributed by atoms with van der Waals surface area (Å²) in [5.74, 6) is 0.0653. The Morgan fingerprint density at radius 3 is 2.65 bits per heavy atom. The largest absolute Gasteiger partial charge is 0.260 e. The Kier molecular flexibility index (Phi) is 4.68. The monoisotopic (exact) mass is 316 g/mol. The molecule has 0 amide bonds. The molecule has 1 atom stereocenters. The Morgan fingerprint density at radius 2 is 2.15 bits per heavy atom. The maximum absolute atomic E-state index is 12.3. The standard InChI is InChI=1S/C12H17ClN4O2S/c1-17-12(10(13)8-15-17)20(18,19)16-11(7-14)9-5-3-2-4-6-9/h8-9,11,16H,2-6H2,1H3. The molecule has 110 valence electrons. The van der Waals surface area contributed by atoms with E-state index in [0.29, 0.717) is 0 Å². The second-order valence-corrected chi connectivity index (χ2v) is 7.08. The number of sulfonamides is 1. The molecule has 20 heavy (non-hydrogen) atoms. The fourth-order valence-electron chi connectivity index (χ4n) is 2.62. The van der Waals surface area contributed by atoms with Gasteiger partial charge in [0.25, 0.3) is 10.0 Å². The normalized spacial score (nSPS) is 18.6. The van der Waals surface area contributed by atoms with Crippen LogP contribution in [-0.2, 0) is 17.1 Å². The summed E-state index contributed by atoms with van der Waals surface area (Å²) in [5, 5.41) is 13.0. The van der Waals surface area contributed by atoms with Crippen molar-refractivity contribution in [2.24, 2.45) is 13.0 Å². The van der Waals surface area contributed by atoms with Crippen LogP contribution in [0, 0.1) is 17.2 Å². The Morgan fingerprint density at radius 1 is 1.50 bits per heavy atom. The van der Waals surface area contributed by atoms with Gasteiger partial charge in [0.15, 0.2) is 5.03 Å². The lowest BCUT2D eigenvalue weighted by Gasteiger charge is -2.26. The zero-order valence-corrected chi connectivity index (χ0v) is 12.8. The summed E-state index contributed by atoms with van der Waals surface area (Å²) < 4.78 is 28.3. The van der Waals surface area contributed by atoms with Gasteiger partial charge >= 0.3 is 0 Å². The summed E-state index contributed by atoms with van der Waals surface area (Å²) in [6, 6.07) is 1.35. The third-order valence-electron chi connectivity index (χ3n) is 3.64. The van der Waals surface area contributed by atoms with Crippen LogP contribution >= 0.6 is 11.6 Å². The Bertz CT molecular complexity index is 594. The van der Waals surface area contributed by atoms with Gasteiger partial charge in [-0.15, -0.1) is 0 Å². The highest BCUT2D eigenvalue weighted by atomic mass is 35.5. The van der Waals surface area contributed by atoms with E-state index in [1.165, 1.54) is 17.9 Å². The third-order valence-corrected chi connectivity index (χ3v) is 5.59. The van der Waals surface area contributed by atoms with Crippen molar-refractivity contribution in [1.29, 1.82) is 5.26 Å². The molecular weight excluding hydrogens is 300 g/mol. The Balaban J connectivity index is 2.20. The second-order valence-electron chi connectivity index (χ2n) is 5.05. The molecule has 1 aromatic heterocycles. The highest BCUT2D eigenvalue weighted by Crippen LogP contribution is 2.28. The van der Waals surface area contributed by atoms with E-state index in [0.717, 1.165) is 32.1 Å². The van der Waals surface area contributed by atoms with Crippen LogP contribution in [0.5, 0.6) is 0 Å². The van der Waals surface area contributed by atoms with Crippen LogP contribution in [0.2, 0.25) is 5.02 Å². The maximum Gasteiger partial charge on any atom is 0.260 e. The van der Waals surface area contributed by atoms with Gasteiger partial charge in [-0.1, -0.05) is 30.9 Å². The van der Waals surface area contributed by atoms with Crippen molar-refractivity contribution in [2.45, 2.75) is 43.2 Å². The molecule has 0 spiro atoms. The number of nitriles is 1. The zero-order chi connectivity index (χ0) is 14.8. The Labute approximate surface area is 123 Å². The van der Waals surface area contributed by atoms with E-state index in [-0.39, 0.29) is 16.0 Å². The maximum atomic E-state index is 12.3. The molecule has 1 saturated carbocycles. The lowest BCUT2D eigenvalue weighted by atomic mass is 9.85. The molecule has 1 N–H and O–H groups in total. The molecule has 2 rings (SSSR count). The Hall–Kier alpha value is -1.10. The number of aromatic nitrogens is 2. The minimum Gasteiger partial charge on any atom is -0.255 e. The first-order chi connectivity index (χ1) is 9.45. The van der Waals surface area contributed by atoms with Gasteiger partial charge in [0.1, 0.15) is 6.04 Å². The lowest BCUT2D eigenvalue weighted by molar-refractivity contribution is 0.323. The van der Waals surface area contributed by atoms with Crippen LogP contribution in [0.25, 0.3) is 0 Å². The van der Waals surface area contributed by atoms with E-state index >= 15 is 0 Å². The van der Waals surface area contributed by atoms with Crippen molar-refractivity contribution < 1.29 is 8.42 Å². The first-order valence-corrected chi connectivity index (χ1v) is 8.41. The van der Waals surface area contributed by atoms with Crippen molar-refractivity contribution in [2.75, 3.05) is 0 Å². The fourth-order valence-corrected chi connectivity index (χ4v) is 4.49. The van der Waals surface area contributed by atoms with E-state index in [1.54, 1.807) is 0 Å². The molecule has 0 saturated heterocycles. The summed E-state index contributed by atoms with van der Waals surface area (Å²) >= 11 is 5.86. The van der Waals surface area contributed by atoms with Crippen molar-refractivity contribution in [1.82, 2.24) is 14.5 Å². The van der Waals surface area contributed by atoms with E-state index in [9.17, 15) is 13.7 Å². The molecule has 0 aliphatic heterocycles. The van der Waals surface area contributed by atoms with E-state index < -0.39 is 16.1 Å². The number of nitrogens with zero attached hydrogens (tertiary/aromatic N) is 3. The van der Waals surface area contributed by atoms with Gasteiger partial charge in [-0.3, -0.25) is 4.68 Å². The topological polar surface area (TPSA) is 87.8 Å². The average molecular weight is 317 g/mol. The quantitative estimate of drug-likeness (QED) is 0.917. The van der Waals surface area contributed by atoms with Gasteiger partial charge in [0, 0.05) is 7.05 Å². The first kappa shape index (κ1) is 15.3. The number of hydrogen-bond acceptors (Lipinski definition) is 4. The van der Waals surface area contributed by atoms with Crippen LogP contribution in [0.15, 0.2) is 11.2 Å². The number of rotatable bonds is 4. The van der Waals surface area contributed by atoms with Crippen LogP contribution in [0.3, 0.4) is 0 Å². The molecule has 6 nitrogen and oxygen atoms in total. The smallest absolute Gasteiger partial charge is 0.255 e. The molecule has 8 heteroatoms. The molecule has 1 fully saturated rings. The first-order valence-electron chi connectivity index (χ1n) is 6.55. The summed E-state index contributed by atoms with van der Waals surface area (Å²) in [4.78, 5) is 0. The highest BCUT2D eigenvalue weighted by Gasteiger charge is 2.31. The van der Waals surface area contributed by atoms with Gasteiger partial charge in [-0.05, 0) is 18.8 Å². The molecule has 1 aliphatic rings. The van der Waals surface area contributed by atoms with E-state index in [2.05, 4.69) is 15.9 Å². The van der Waals surface area contributed by atoms with Gasteiger partial charge in [-0.25, -0.2) is 8.42 Å². The minimum absolute atomic E-state index is 0.0559. The van der Waals surface area contributed by atoms with Crippen molar-refractivity contribution in [3.8, 4) is 6.07 Å². The average Bonchev–Trinajstić information content (AvgIpc) is 2.77. The van der Waals surface area contributed by atoms with Crippen molar-refractivity contribution in [3.63, 3.8) is 0 Å². The summed E-state index contributed by atoms with van der Waals surface area (Å²) in [6.07, 6.45) is 6.25. The summed E-state index contributed by atoms with van der Waals surface area (Å²) in [6.45, 7) is 0. The van der Waals surface area contributed by atoms with Crippen LogP contribution < -0.4 is 4.72 Å². The number of halogens is 1. The van der Waals surface area contributed by atoms with Crippen molar-refractivity contribution in [3.05, 3.63) is 11.2 Å². The number of nitrogens with one attached hydrogen (secondary N) is 1. The molecular formula is C12H17ClN4O2S. The predicted molar refractivity (Wildman–Crippen MR) is 74.5 cm³/mol. The van der Waals surface area contributed by atoms with Gasteiger partial charge in [-0.2, -0.15) is 15.1 Å². The third kappa shape index (κ3) is 3.14. The lowest BCUT2D eigenvalue weighted by Crippen LogP contribution is -2.40. The number of hydrogen-bond donors (Lipinski definition) is 1. The summed E-state index contributed by atoms with van der Waals surface area (Å²) in [7, 11) is -2.34. The van der Waals surface area contributed by atoms with Crippen LogP contribution in [0.4, 0.5) is 0 Å². The molecule has 0 aromatic carbocycles. The molecule has 0 bridgehead atoms. The van der Waals surface area contributed by atoms with Gasteiger partial charge < -0.3 is 0 Å². The number of aryl methyl sites for hydroxylation is 1. The molecule has 1 aromatic rings. The van der Waals surface area contributed by atoms with Crippen molar-refractivity contribution >= 4 is 21.6 Å². The SMILES string of the molecule is Cn1ncc(Cl)c1S(=O)(=O)NC(C#N)C1CCCCC1. The molecule has 1 heterocycles. The molecule has 1 aliphatic carbocycles. The fraction of sp³-hybridized carbons (Fsp3) is 0.667. The highest BCUT2D eigenvalue weighted by molar-refractivity contribution is 7.89. The van der Waals surface area contributed by atoms with E-state index in [1.807, 2.05) is 0 Å². The van der Waals surface area contributed by atoms with Crippen LogP contribution in [0.1, 0.15) is 32.1 Å². The molecule has 1 unspecified atom stereocenters. The van der Waals surface area contributed by atoms with Gasteiger partial charge in [0.05, 0.1) is 17.3 Å². The molecule has 0 radical (unpaired) electrons. The van der Waals surface area contributed by atoms with E-state index in [4.69, 9.17) is 11.6 Å². The predicted octanol–water partition coefficient (Wildman–Crippen LogP) is 1.82. The second kappa shape index (κ2) is 6.12. The van der Waals surface area contributed by atoms with Gasteiger partial charge in [0.2, 0.25) is 0 Å². The zero-order valence-electron chi connectivity index (χ0n) is 11.2.